The van der Waals surface area contributed by atoms with Gasteiger partial charge in [0.1, 0.15) is 0 Å². The van der Waals surface area contributed by atoms with Gasteiger partial charge in [0, 0.05) is 31.9 Å². The van der Waals surface area contributed by atoms with Crippen molar-refractivity contribution in [2.45, 2.75) is 32.7 Å². The summed E-state index contributed by atoms with van der Waals surface area (Å²) in [6.07, 6.45) is 1.67. The van der Waals surface area contributed by atoms with Crippen molar-refractivity contribution >= 4 is 5.69 Å². The number of methoxy groups -OCH3 is 1. The molecule has 0 aliphatic carbocycles. The second-order valence-corrected chi connectivity index (χ2v) is 5.16. The molecule has 0 radical (unpaired) electrons. The van der Waals surface area contributed by atoms with Gasteiger partial charge in [0.25, 0.3) is 0 Å². The molecule has 0 fully saturated rings. The molecule has 0 aromatic heterocycles. The Labute approximate surface area is 128 Å². The minimum absolute atomic E-state index is 0.366. The number of nitrogens with one attached hydrogen (secondary N) is 1. The van der Waals surface area contributed by atoms with Crippen LogP contribution in [0, 0.1) is 11.3 Å². The van der Waals surface area contributed by atoms with Gasteiger partial charge < -0.3 is 15.0 Å². The van der Waals surface area contributed by atoms with Crippen LogP contribution in [0.5, 0.6) is 0 Å². The summed E-state index contributed by atoms with van der Waals surface area (Å²) in [6.45, 7) is 7.60. The maximum absolute atomic E-state index is 8.77. The van der Waals surface area contributed by atoms with Gasteiger partial charge in [-0.1, -0.05) is 19.1 Å². The molecule has 116 valence electrons. The van der Waals surface area contributed by atoms with Crippen LogP contribution in [0.4, 0.5) is 5.69 Å². The summed E-state index contributed by atoms with van der Waals surface area (Å²) in [5, 5.41) is 12.3. The van der Waals surface area contributed by atoms with Crippen molar-refractivity contribution in [3.05, 3.63) is 29.8 Å². The molecule has 0 saturated carbocycles. The Balaban J connectivity index is 2.69. The summed E-state index contributed by atoms with van der Waals surface area (Å²) in [5.74, 6) is 0. The van der Waals surface area contributed by atoms with Gasteiger partial charge in [0.15, 0.2) is 0 Å². The van der Waals surface area contributed by atoms with Crippen molar-refractivity contribution in [3.8, 4) is 6.07 Å². The van der Waals surface area contributed by atoms with E-state index < -0.39 is 0 Å². The Kier molecular flexibility index (Phi) is 8.49. The van der Waals surface area contributed by atoms with Crippen molar-refractivity contribution in [3.63, 3.8) is 0 Å². The monoisotopic (exact) mass is 289 g/mol. The predicted octanol–water partition coefficient (Wildman–Crippen LogP) is 3.11. The number of nitrogens with zero attached hydrogens (tertiary/aromatic N) is 2. The summed E-state index contributed by atoms with van der Waals surface area (Å²) < 4.78 is 5.15. The predicted molar refractivity (Wildman–Crippen MR) is 87.5 cm³/mol. The molecule has 0 bridgehead atoms. The van der Waals surface area contributed by atoms with E-state index >= 15 is 0 Å². The van der Waals surface area contributed by atoms with E-state index in [0.29, 0.717) is 19.1 Å². The lowest BCUT2D eigenvalue weighted by atomic mass is 10.1. The molecular weight excluding hydrogens is 262 g/mol. The molecule has 1 N–H and O–H groups in total. The molecule has 0 saturated heterocycles. The molecule has 1 aromatic rings. The van der Waals surface area contributed by atoms with Crippen LogP contribution in [0.2, 0.25) is 0 Å². The van der Waals surface area contributed by atoms with E-state index in [1.165, 1.54) is 5.56 Å². The molecule has 0 amide bonds. The van der Waals surface area contributed by atoms with Crippen LogP contribution in [0.1, 0.15) is 38.3 Å². The second kappa shape index (κ2) is 10.2. The third-order valence-electron chi connectivity index (χ3n) is 3.52. The summed E-state index contributed by atoms with van der Waals surface area (Å²) in [4.78, 5) is 2.20. The third-order valence-corrected chi connectivity index (χ3v) is 3.52. The molecule has 4 heteroatoms. The molecule has 0 aliphatic heterocycles. The standard InChI is InChI=1S/C17H27N3O/c1-4-11-19-15(2)16-6-8-17(9-7-16)20(12-5-10-18)13-14-21-3/h6-9,15,19H,4-5,11-14H2,1-3H3. The highest BCUT2D eigenvalue weighted by Crippen LogP contribution is 2.19. The van der Waals surface area contributed by atoms with Crippen LogP contribution in [0.3, 0.4) is 0 Å². The average Bonchev–Trinajstić information content (AvgIpc) is 2.53. The molecule has 4 nitrogen and oxygen atoms in total. The number of ether oxygens (including phenoxy) is 1. The summed E-state index contributed by atoms with van der Waals surface area (Å²) >= 11 is 0. The van der Waals surface area contributed by atoms with Gasteiger partial charge in [-0.25, -0.2) is 0 Å². The average molecular weight is 289 g/mol. The van der Waals surface area contributed by atoms with Crippen LogP contribution in [0.15, 0.2) is 24.3 Å². The SMILES string of the molecule is CCCNC(C)c1ccc(N(CCC#N)CCOC)cc1. The maximum atomic E-state index is 8.77. The number of nitriles is 1. The van der Waals surface area contributed by atoms with Crippen LogP contribution in [0.25, 0.3) is 0 Å². The van der Waals surface area contributed by atoms with Crippen LogP contribution < -0.4 is 10.2 Å². The molecule has 1 atom stereocenters. The normalized spacial score (nSPS) is 11.9. The fourth-order valence-electron chi connectivity index (χ4n) is 2.21. The first-order valence-electron chi connectivity index (χ1n) is 7.67. The number of rotatable bonds is 10. The van der Waals surface area contributed by atoms with Crippen LogP contribution >= 0.6 is 0 Å². The number of benzene rings is 1. The minimum atomic E-state index is 0.366. The fourth-order valence-corrected chi connectivity index (χ4v) is 2.21. The van der Waals surface area contributed by atoms with Gasteiger partial charge in [0.05, 0.1) is 19.1 Å². The second-order valence-electron chi connectivity index (χ2n) is 5.16. The summed E-state index contributed by atoms with van der Waals surface area (Å²) in [5.41, 5.74) is 2.44. The molecule has 1 rings (SSSR count). The third kappa shape index (κ3) is 6.16. The molecule has 0 heterocycles. The zero-order valence-electron chi connectivity index (χ0n) is 13.4. The lowest BCUT2D eigenvalue weighted by Crippen LogP contribution is -2.28. The number of hydrogen-bond donors (Lipinski definition) is 1. The molecule has 21 heavy (non-hydrogen) atoms. The Morgan fingerprint density at radius 2 is 2.00 bits per heavy atom. The Morgan fingerprint density at radius 1 is 1.29 bits per heavy atom. The van der Waals surface area contributed by atoms with E-state index in [4.69, 9.17) is 10.00 Å². The van der Waals surface area contributed by atoms with E-state index in [1.54, 1.807) is 7.11 Å². The van der Waals surface area contributed by atoms with Gasteiger partial charge >= 0.3 is 0 Å². The van der Waals surface area contributed by atoms with Gasteiger partial charge in [-0.2, -0.15) is 5.26 Å². The Hall–Kier alpha value is -1.57. The van der Waals surface area contributed by atoms with E-state index in [0.717, 1.165) is 31.7 Å². The topological polar surface area (TPSA) is 48.3 Å². The molecule has 0 aliphatic rings. The van der Waals surface area contributed by atoms with Crippen molar-refractivity contribution in [1.82, 2.24) is 5.32 Å². The Morgan fingerprint density at radius 3 is 2.57 bits per heavy atom. The van der Waals surface area contributed by atoms with Crippen molar-refractivity contribution in [2.24, 2.45) is 0 Å². The molecular formula is C17H27N3O. The van der Waals surface area contributed by atoms with E-state index in [1.807, 2.05) is 0 Å². The van der Waals surface area contributed by atoms with E-state index in [2.05, 4.69) is 54.4 Å². The van der Waals surface area contributed by atoms with Crippen molar-refractivity contribution < 1.29 is 4.74 Å². The summed E-state index contributed by atoms with van der Waals surface area (Å²) in [6, 6.07) is 11.2. The van der Waals surface area contributed by atoms with Gasteiger partial charge in [-0.3, -0.25) is 0 Å². The molecule has 1 unspecified atom stereocenters. The van der Waals surface area contributed by atoms with E-state index in [9.17, 15) is 0 Å². The molecule has 1 aromatic carbocycles. The maximum Gasteiger partial charge on any atom is 0.0640 e. The quantitative estimate of drug-likeness (QED) is 0.719. The van der Waals surface area contributed by atoms with Crippen LogP contribution in [-0.2, 0) is 4.74 Å². The first kappa shape index (κ1) is 17.5. The Bertz CT molecular complexity index is 425. The largest absolute Gasteiger partial charge is 0.383 e. The zero-order chi connectivity index (χ0) is 15.5. The van der Waals surface area contributed by atoms with Gasteiger partial charge in [0.2, 0.25) is 0 Å². The van der Waals surface area contributed by atoms with Crippen molar-refractivity contribution in [1.29, 1.82) is 5.26 Å². The zero-order valence-corrected chi connectivity index (χ0v) is 13.4. The first-order valence-corrected chi connectivity index (χ1v) is 7.67. The lowest BCUT2D eigenvalue weighted by molar-refractivity contribution is 0.205. The van der Waals surface area contributed by atoms with Gasteiger partial charge in [-0.15, -0.1) is 0 Å². The highest BCUT2D eigenvalue weighted by atomic mass is 16.5. The highest BCUT2D eigenvalue weighted by Gasteiger charge is 2.08. The van der Waals surface area contributed by atoms with Crippen LogP contribution in [-0.4, -0.2) is 33.4 Å². The fraction of sp³-hybridized carbons (Fsp3) is 0.588. The summed E-state index contributed by atoms with van der Waals surface area (Å²) in [7, 11) is 1.70. The highest BCUT2D eigenvalue weighted by molar-refractivity contribution is 5.48. The first-order chi connectivity index (χ1) is 10.2. The number of hydrogen-bond acceptors (Lipinski definition) is 4. The van der Waals surface area contributed by atoms with Crippen molar-refractivity contribution in [2.75, 3.05) is 38.3 Å². The minimum Gasteiger partial charge on any atom is -0.383 e. The molecule has 0 spiro atoms. The van der Waals surface area contributed by atoms with E-state index in [-0.39, 0.29) is 0 Å². The smallest absolute Gasteiger partial charge is 0.0640 e. The number of anilines is 1. The lowest BCUT2D eigenvalue weighted by Gasteiger charge is -2.24. The van der Waals surface area contributed by atoms with Gasteiger partial charge in [-0.05, 0) is 37.6 Å².